The minimum Gasteiger partial charge on any atom is -0.371 e. The molecule has 0 spiro atoms. The predicted molar refractivity (Wildman–Crippen MR) is 132 cm³/mol. The van der Waals surface area contributed by atoms with E-state index in [1.165, 1.54) is 5.69 Å². The summed E-state index contributed by atoms with van der Waals surface area (Å²) in [6, 6.07) is 22.8. The van der Waals surface area contributed by atoms with Crippen LogP contribution in [0.3, 0.4) is 0 Å². The van der Waals surface area contributed by atoms with E-state index in [0.29, 0.717) is 29.3 Å². The number of benzene rings is 3. The molecule has 2 N–H and O–H groups in total. The Hall–Kier alpha value is -3.12. The molecule has 1 aliphatic heterocycles. The third kappa shape index (κ3) is 5.37. The summed E-state index contributed by atoms with van der Waals surface area (Å²) in [5.41, 5.74) is 3.88. The average molecular weight is 492 g/mol. The molecule has 3 aromatic rings. The second-order valence-electron chi connectivity index (χ2n) is 8.14. The first-order valence-corrected chi connectivity index (χ1v) is 11.5. The van der Waals surface area contributed by atoms with Gasteiger partial charge in [-0.2, -0.15) is 0 Å². The second-order valence-corrected chi connectivity index (χ2v) is 9.06. The first kappa shape index (κ1) is 22.1. The van der Waals surface area contributed by atoms with Gasteiger partial charge in [-0.05, 0) is 67.3 Å². The highest BCUT2D eigenvalue weighted by molar-refractivity contribution is 9.10. The normalized spacial score (nSPS) is 15.4. The van der Waals surface area contributed by atoms with E-state index in [1.54, 1.807) is 24.3 Å². The number of aryl methyl sites for hydroxylation is 1. The molecule has 0 bridgehead atoms. The Morgan fingerprint density at radius 2 is 1.78 bits per heavy atom. The van der Waals surface area contributed by atoms with Crippen LogP contribution < -0.4 is 15.5 Å². The van der Waals surface area contributed by atoms with Crippen molar-refractivity contribution in [1.29, 1.82) is 0 Å². The molecule has 4 rings (SSSR count). The summed E-state index contributed by atoms with van der Waals surface area (Å²) in [5, 5.41) is 5.99. The lowest BCUT2D eigenvalue weighted by Crippen LogP contribution is -2.31. The molecule has 1 aliphatic rings. The molecule has 2 amide bonds. The molecule has 1 saturated heterocycles. The van der Waals surface area contributed by atoms with Gasteiger partial charge in [0.25, 0.3) is 11.8 Å². The van der Waals surface area contributed by atoms with Crippen LogP contribution in [0.25, 0.3) is 0 Å². The van der Waals surface area contributed by atoms with Crippen molar-refractivity contribution < 1.29 is 9.59 Å². The van der Waals surface area contributed by atoms with E-state index in [1.807, 2.05) is 43.3 Å². The number of halogens is 1. The van der Waals surface area contributed by atoms with Gasteiger partial charge in [-0.1, -0.05) is 46.3 Å². The molecule has 0 saturated carbocycles. The molecular weight excluding hydrogens is 466 g/mol. The summed E-state index contributed by atoms with van der Waals surface area (Å²) in [6.07, 6.45) is 1.04. The van der Waals surface area contributed by atoms with E-state index in [0.717, 1.165) is 29.5 Å². The van der Waals surface area contributed by atoms with Gasteiger partial charge in [0.05, 0.1) is 0 Å². The smallest absolute Gasteiger partial charge is 0.255 e. The summed E-state index contributed by atoms with van der Waals surface area (Å²) in [6.45, 7) is 4.44. The third-order valence-electron chi connectivity index (χ3n) is 5.79. The van der Waals surface area contributed by atoms with E-state index in [9.17, 15) is 9.59 Å². The maximum absolute atomic E-state index is 12.8. The standard InChI is InChI=1S/C26H26BrN3O2/c1-18-10-11-21(14-24(18)29-26(32)20-6-3-2-4-7-20)25(31)28-16-19-12-13-30(17-19)23-9-5-8-22(27)15-23/h2-11,14-15,19H,12-13,16-17H2,1H3,(H,28,31)(H,29,32). The van der Waals surface area contributed by atoms with E-state index < -0.39 is 0 Å². The van der Waals surface area contributed by atoms with E-state index in [4.69, 9.17) is 0 Å². The Morgan fingerprint density at radius 1 is 0.969 bits per heavy atom. The number of nitrogens with one attached hydrogen (secondary N) is 2. The number of amides is 2. The number of hydrogen-bond acceptors (Lipinski definition) is 3. The molecule has 0 aromatic heterocycles. The molecule has 164 valence electrons. The third-order valence-corrected chi connectivity index (χ3v) is 6.29. The fourth-order valence-corrected chi connectivity index (χ4v) is 4.31. The molecule has 1 fully saturated rings. The Balaban J connectivity index is 1.35. The fourth-order valence-electron chi connectivity index (χ4n) is 3.93. The van der Waals surface area contributed by atoms with Crippen molar-refractivity contribution in [2.45, 2.75) is 13.3 Å². The summed E-state index contributed by atoms with van der Waals surface area (Å²) in [5.74, 6) is 0.0894. The van der Waals surface area contributed by atoms with Gasteiger partial charge in [0.2, 0.25) is 0 Å². The van der Waals surface area contributed by atoms with Gasteiger partial charge >= 0.3 is 0 Å². The predicted octanol–water partition coefficient (Wildman–Crippen LogP) is 5.27. The number of rotatable bonds is 6. The number of carbonyl (C=O) groups is 2. The Kier molecular flexibility index (Phi) is 6.90. The van der Waals surface area contributed by atoms with Crippen molar-refractivity contribution in [2.75, 3.05) is 29.9 Å². The van der Waals surface area contributed by atoms with Crippen LogP contribution >= 0.6 is 15.9 Å². The summed E-state index contributed by atoms with van der Waals surface area (Å²) in [4.78, 5) is 27.6. The minimum absolute atomic E-state index is 0.124. The molecule has 6 heteroatoms. The SMILES string of the molecule is Cc1ccc(C(=O)NCC2CCN(c3cccc(Br)c3)C2)cc1NC(=O)c1ccccc1. The summed E-state index contributed by atoms with van der Waals surface area (Å²) >= 11 is 3.53. The van der Waals surface area contributed by atoms with Crippen molar-refractivity contribution in [1.82, 2.24) is 5.32 Å². The second kappa shape index (κ2) is 10.0. The zero-order valence-corrected chi connectivity index (χ0v) is 19.6. The van der Waals surface area contributed by atoms with Crippen molar-refractivity contribution in [3.63, 3.8) is 0 Å². The minimum atomic E-state index is -0.190. The highest BCUT2D eigenvalue weighted by Gasteiger charge is 2.23. The number of nitrogens with zero attached hydrogens (tertiary/aromatic N) is 1. The summed E-state index contributed by atoms with van der Waals surface area (Å²) in [7, 11) is 0. The first-order valence-electron chi connectivity index (χ1n) is 10.8. The zero-order valence-electron chi connectivity index (χ0n) is 18.0. The lowest BCUT2D eigenvalue weighted by atomic mass is 10.1. The van der Waals surface area contributed by atoms with Gasteiger partial charge in [-0.15, -0.1) is 0 Å². The van der Waals surface area contributed by atoms with Crippen LogP contribution in [0.2, 0.25) is 0 Å². The number of hydrogen-bond donors (Lipinski definition) is 2. The van der Waals surface area contributed by atoms with Gasteiger partial charge < -0.3 is 15.5 Å². The van der Waals surface area contributed by atoms with Crippen LogP contribution in [0.1, 0.15) is 32.7 Å². The van der Waals surface area contributed by atoms with E-state index in [2.05, 4.69) is 43.6 Å². The maximum atomic E-state index is 12.8. The highest BCUT2D eigenvalue weighted by Crippen LogP contribution is 2.26. The Labute approximate surface area is 197 Å². The molecule has 1 atom stereocenters. The lowest BCUT2D eigenvalue weighted by Gasteiger charge is -2.19. The van der Waals surface area contributed by atoms with E-state index in [-0.39, 0.29) is 11.8 Å². The van der Waals surface area contributed by atoms with Gasteiger partial charge in [0, 0.05) is 46.6 Å². The molecule has 0 radical (unpaired) electrons. The molecule has 1 unspecified atom stereocenters. The Bertz CT molecular complexity index is 1120. The van der Waals surface area contributed by atoms with Crippen LogP contribution in [-0.2, 0) is 0 Å². The molecule has 1 heterocycles. The van der Waals surface area contributed by atoms with Gasteiger partial charge in [0.1, 0.15) is 0 Å². The van der Waals surface area contributed by atoms with Crippen molar-refractivity contribution in [3.05, 3.63) is 94.0 Å². The van der Waals surface area contributed by atoms with Crippen LogP contribution in [-0.4, -0.2) is 31.4 Å². The molecule has 5 nitrogen and oxygen atoms in total. The number of carbonyl (C=O) groups excluding carboxylic acids is 2. The van der Waals surface area contributed by atoms with E-state index >= 15 is 0 Å². The van der Waals surface area contributed by atoms with Crippen molar-refractivity contribution in [3.8, 4) is 0 Å². The largest absolute Gasteiger partial charge is 0.371 e. The fraction of sp³-hybridized carbons (Fsp3) is 0.231. The molecule has 3 aromatic carbocycles. The molecule has 32 heavy (non-hydrogen) atoms. The lowest BCUT2D eigenvalue weighted by molar-refractivity contribution is 0.0947. The topological polar surface area (TPSA) is 61.4 Å². The van der Waals surface area contributed by atoms with Crippen LogP contribution in [0.4, 0.5) is 11.4 Å². The summed E-state index contributed by atoms with van der Waals surface area (Å²) < 4.78 is 1.07. The Morgan fingerprint density at radius 3 is 2.56 bits per heavy atom. The van der Waals surface area contributed by atoms with Crippen LogP contribution in [0, 0.1) is 12.8 Å². The van der Waals surface area contributed by atoms with Crippen molar-refractivity contribution >= 4 is 39.1 Å². The van der Waals surface area contributed by atoms with Gasteiger partial charge in [0.15, 0.2) is 0 Å². The molecular formula is C26H26BrN3O2. The highest BCUT2D eigenvalue weighted by atomic mass is 79.9. The van der Waals surface area contributed by atoms with Crippen LogP contribution in [0.15, 0.2) is 77.3 Å². The van der Waals surface area contributed by atoms with Crippen LogP contribution in [0.5, 0.6) is 0 Å². The average Bonchev–Trinajstić information content (AvgIpc) is 3.28. The van der Waals surface area contributed by atoms with Gasteiger partial charge in [-0.25, -0.2) is 0 Å². The molecule has 0 aliphatic carbocycles. The monoisotopic (exact) mass is 491 g/mol. The quantitative estimate of drug-likeness (QED) is 0.493. The maximum Gasteiger partial charge on any atom is 0.255 e. The van der Waals surface area contributed by atoms with Gasteiger partial charge in [-0.3, -0.25) is 9.59 Å². The number of anilines is 2. The van der Waals surface area contributed by atoms with Crippen molar-refractivity contribution in [2.24, 2.45) is 5.92 Å². The first-order chi connectivity index (χ1) is 15.5. The zero-order chi connectivity index (χ0) is 22.5.